The quantitative estimate of drug-likeness (QED) is 0.835. The third-order valence-corrected chi connectivity index (χ3v) is 2.09. The van der Waals surface area contributed by atoms with E-state index in [-0.39, 0.29) is 13.2 Å². The molecule has 2 rings (SSSR count). The van der Waals surface area contributed by atoms with Gasteiger partial charge in [-0.15, -0.1) is 0 Å². The van der Waals surface area contributed by atoms with Crippen LogP contribution < -0.4 is 5.32 Å². The zero-order valence-corrected chi connectivity index (χ0v) is 9.48. The van der Waals surface area contributed by atoms with Crippen LogP contribution in [-0.4, -0.2) is 39.4 Å². The Bertz CT molecular complexity index is 496. The van der Waals surface area contributed by atoms with Crippen LogP contribution >= 0.6 is 0 Å². The van der Waals surface area contributed by atoms with E-state index in [1.54, 1.807) is 36.7 Å². The Morgan fingerprint density at radius 3 is 2.56 bits per heavy atom. The van der Waals surface area contributed by atoms with Crippen molar-refractivity contribution < 1.29 is 14.6 Å². The Morgan fingerprint density at radius 1 is 1.28 bits per heavy atom. The number of aromatic nitrogens is 3. The molecule has 1 amide bonds. The van der Waals surface area contributed by atoms with Gasteiger partial charge in [-0.2, -0.15) is 15.0 Å². The molecule has 1 aromatic carbocycles. The number of nitrogens with zero attached hydrogens (tertiary/aromatic N) is 3. The van der Waals surface area contributed by atoms with Gasteiger partial charge in [0.05, 0.1) is 24.7 Å². The Balaban J connectivity index is 1.98. The van der Waals surface area contributed by atoms with Crippen molar-refractivity contribution in [2.75, 3.05) is 18.5 Å². The molecule has 0 saturated carbocycles. The molecular formula is C11H12N4O3. The largest absolute Gasteiger partial charge is 0.447 e. The third-order valence-electron chi connectivity index (χ3n) is 2.09. The number of hydrogen-bond donors (Lipinski definition) is 2. The number of aliphatic hydroxyl groups is 1. The monoisotopic (exact) mass is 248 g/mol. The normalized spacial score (nSPS) is 10.1. The highest BCUT2D eigenvalue weighted by Crippen LogP contribution is 2.11. The third kappa shape index (κ3) is 3.05. The van der Waals surface area contributed by atoms with Gasteiger partial charge in [-0.3, -0.25) is 5.32 Å². The highest BCUT2D eigenvalue weighted by atomic mass is 16.6. The number of hydrogen-bond acceptors (Lipinski definition) is 5. The van der Waals surface area contributed by atoms with Crippen LogP contribution in [0.2, 0.25) is 0 Å². The standard InChI is InChI=1S/C11H12N4O3/c16-7-8-18-11(17)14-9-1-3-10(4-2-9)15-12-5-6-13-15/h1-6,16H,7-8H2,(H,14,17). The van der Waals surface area contributed by atoms with E-state index < -0.39 is 6.09 Å². The summed E-state index contributed by atoms with van der Waals surface area (Å²) in [6, 6.07) is 6.95. The molecule has 94 valence electrons. The summed E-state index contributed by atoms with van der Waals surface area (Å²) in [4.78, 5) is 12.7. The van der Waals surface area contributed by atoms with Gasteiger partial charge >= 0.3 is 6.09 Å². The van der Waals surface area contributed by atoms with E-state index in [1.165, 1.54) is 4.80 Å². The smallest absolute Gasteiger partial charge is 0.411 e. The van der Waals surface area contributed by atoms with Crippen molar-refractivity contribution in [2.45, 2.75) is 0 Å². The topological polar surface area (TPSA) is 89.3 Å². The van der Waals surface area contributed by atoms with Crippen LogP contribution in [0, 0.1) is 0 Å². The average Bonchev–Trinajstić information content (AvgIpc) is 2.91. The second-order valence-corrected chi connectivity index (χ2v) is 3.35. The van der Waals surface area contributed by atoms with Crippen LogP contribution in [0.4, 0.5) is 10.5 Å². The minimum Gasteiger partial charge on any atom is -0.447 e. The number of anilines is 1. The Labute approximate surface area is 103 Å². The fraction of sp³-hybridized carbons (Fsp3) is 0.182. The number of carbonyl (C=O) groups is 1. The number of carbonyl (C=O) groups excluding carboxylic acids is 1. The van der Waals surface area contributed by atoms with Gasteiger partial charge in [-0.05, 0) is 24.3 Å². The molecule has 0 saturated heterocycles. The van der Waals surface area contributed by atoms with Gasteiger partial charge < -0.3 is 9.84 Å². The van der Waals surface area contributed by atoms with Gasteiger partial charge in [-0.25, -0.2) is 4.79 Å². The molecule has 0 unspecified atom stereocenters. The van der Waals surface area contributed by atoms with E-state index in [1.807, 2.05) is 0 Å². The molecule has 1 heterocycles. The molecule has 0 spiro atoms. The van der Waals surface area contributed by atoms with Crippen LogP contribution in [0.5, 0.6) is 0 Å². The van der Waals surface area contributed by atoms with Crippen LogP contribution in [0.25, 0.3) is 5.69 Å². The summed E-state index contributed by atoms with van der Waals surface area (Å²) in [5, 5.41) is 19.0. The molecule has 2 N–H and O–H groups in total. The van der Waals surface area contributed by atoms with E-state index in [9.17, 15) is 4.79 Å². The summed E-state index contributed by atoms with van der Waals surface area (Å²) in [5.41, 5.74) is 1.38. The molecule has 0 atom stereocenters. The van der Waals surface area contributed by atoms with Crippen molar-refractivity contribution in [3.8, 4) is 5.69 Å². The van der Waals surface area contributed by atoms with E-state index >= 15 is 0 Å². The SMILES string of the molecule is O=C(Nc1ccc(-n2nccn2)cc1)OCCO. The van der Waals surface area contributed by atoms with E-state index in [4.69, 9.17) is 5.11 Å². The highest BCUT2D eigenvalue weighted by molar-refractivity contribution is 5.84. The first kappa shape index (κ1) is 12.1. The van der Waals surface area contributed by atoms with Crippen molar-refractivity contribution >= 4 is 11.8 Å². The lowest BCUT2D eigenvalue weighted by atomic mass is 10.3. The van der Waals surface area contributed by atoms with E-state index in [2.05, 4.69) is 20.3 Å². The lowest BCUT2D eigenvalue weighted by Crippen LogP contribution is -2.15. The first-order chi connectivity index (χ1) is 8.79. The van der Waals surface area contributed by atoms with Crippen molar-refractivity contribution in [3.05, 3.63) is 36.7 Å². The average molecular weight is 248 g/mol. The zero-order chi connectivity index (χ0) is 12.8. The van der Waals surface area contributed by atoms with Crippen LogP contribution in [0.15, 0.2) is 36.7 Å². The highest BCUT2D eigenvalue weighted by Gasteiger charge is 2.03. The maximum Gasteiger partial charge on any atom is 0.411 e. The van der Waals surface area contributed by atoms with Crippen molar-refractivity contribution in [1.82, 2.24) is 15.0 Å². The molecule has 0 aliphatic rings. The minimum atomic E-state index is -0.603. The first-order valence-corrected chi connectivity index (χ1v) is 5.31. The van der Waals surface area contributed by atoms with Crippen molar-refractivity contribution in [2.24, 2.45) is 0 Å². The first-order valence-electron chi connectivity index (χ1n) is 5.31. The van der Waals surface area contributed by atoms with E-state index in [0.717, 1.165) is 5.69 Å². The number of ether oxygens (including phenoxy) is 1. The fourth-order valence-corrected chi connectivity index (χ4v) is 1.32. The van der Waals surface area contributed by atoms with E-state index in [0.29, 0.717) is 5.69 Å². The Morgan fingerprint density at radius 2 is 1.94 bits per heavy atom. The summed E-state index contributed by atoms with van der Waals surface area (Å²) < 4.78 is 4.67. The second-order valence-electron chi connectivity index (χ2n) is 3.35. The summed E-state index contributed by atoms with van der Waals surface area (Å²) in [6.07, 6.45) is 2.56. The maximum atomic E-state index is 11.2. The number of benzene rings is 1. The molecule has 7 heteroatoms. The predicted octanol–water partition coefficient (Wildman–Crippen LogP) is 0.808. The molecule has 18 heavy (non-hydrogen) atoms. The summed E-state index contributed by atoms with van der Waals surface area (Å²) in [6.45, 7) is -0.224. The zero-order valence-electron chi connectivity index (χ0n) is 9.48. The van der Waals surface area contributed by atoms with Crippen molar-refractivity contribution in [1.29, 1.82) is 0 Å². The summed E-state index contributed by atoms with van der Waals surface area (Å²) >= 11 is 0. The van der Waals surface area contributed by atoms with Gasteiger partial charge in [0.2, 0.25) is 0 Å². The molecule has 2 aromatic rings. The van der Waals surface area contributed by atoms with Gasteiger partial charge in [0, 0.05) is 5.69 Å². The maximum absolute atomic E-state index is 11.2. The molecule has 0 bridgehead atoms. The molecule has 0 aliphatic heterocycles. The number of amides is 1. The molecule has 0 radical (unpaired) electrons. The molecule has 0 aliphatic carbocycles. The summed E-state index contributed by atoms with van der Waals surface area (Å²) in [5.74, 6) is 0. The van der Waals surface area contributed by atoms with Gasteiger partial charge in [0.15, 0.2) is 0 Å². The lowest BCUT2D eigenvalue weighted by Gasteiger charge is -2.06. The van der Waals surface area contributed by atoms with Crippen LogP contribution in [-0.2, 0) is 4.74 Å². The Kier molecular flexibility index (Phi) is 3.87. The Hall–Kier alpha value is -2.41. The van der Waals surface area contributed by atoms with Gasteiger partial charge in [0.25, 0.3) is 0 Å². The van der Waals surface area contributed by atoms with Crippen LogP contribution in [0.1, 0.15) is 0 Å². The molecule has 0 fully saturated rings. The lowest BCUT2D eigenvalue weighted by molar-refractivity contribution is 0.131. The van der Waals surface area contributed by atoms with Crippen LogP contribution in [0.3, 0.4) is 0 Å². The molecule has 7 nitrogen and oxygen atoms in total. The molecule has 1 aromatic heterocycles. The number of rotatable bonds is 4. The second kappa shape index (κ2) is 5.78. The van der Waals surface area contributed by atoms with Gasteiger partial charge in [-0.1, -0.05) is 0 Å². The van der Waals surface area contributed by atoms with Gasteiger partial charge in [0.1, 0.15) is 6.61 Å². The fourth-order valence-electron chi connectivity index (χ4n) is 1.32. The minimum absolute atomic E-state index is 0.0267. The summed E-state index contributed by atoms with van der Waals surface area (Å²) in [7, 11) is 0. The predicted molar refractivity (Wildman–Crippen MR) is 63.4 cm³/mol. The number of nitrogens with one attached hydrogen (secondary N) is 1. The number of aliphatic hydroxyl groups excluding tert-OH is 1. The molecular weight excluding hydrogens is 236 g/mol. The van der Waals surface area contributed by atoms with Crippen molar-refractivity contribution in [3.63, 3.8) is 0 Å².